The molecule has 0 atom stereocenters. The molecule has 8 nitrogen and oxygen atoms in total. The summed E-state index contributed by atoms with van der Waals surface area (Å²) >= 11 is 0. The molecule has 8 heteroatoms. The molecule has 0 aliphatic heterocycles. The summed E-state index contributed by atoms with van der Waals surface area (Å²) in [6.07, 6.45) is 0. The summed E-state index contributed by atoms with van der Waals surface area (Å²) in [7, 11) is 2.78. The number of carbonyl (C=O) groups is 3. The zero-order valence-electron chi connectivity index (χ0n) is 15.8. The number of rotatable bonds is 8. The SMILES string of the molecule is CCOc1cc(C(=O)OCC(=O)Nc2ccc(C(=O)OC)cc2)ccc1OC. The number of methoxy groups -OCH3 is 2. The lowest BCUT2D eigenvalue weighted by molar-refractivity contribution is -0.119. The minimum Gasteiger partial charge on any atom is -0.493 e. The van der Waals surface area contributed by atoms with Crippen LogP contribution in [0.2, 0.25) is 0 Å². The third-order valence-electron chi connectivity index (χ3n) is 3.62. The number of ether oxygens (including phenoxy) is 4. The van der Waals surface area contributed by atoms with Gasteiger partial charge in [-0.3, -0.25) is 4.79 Å². The van der Waals surface area contributed by atoms with Crippen molar-refractivity contribution >= 4 is 23.5 Å². The van der Waals surface area contributed by atoms with Gasteiger partial charge in [0, 0.05) is 5.69 Å². The van der Waals surface area contributed by atoms with E-state index in [0.717, 1.165) is 0 Å². The molecule has 0 aliphatic carbocycles. The third-order valence-corrected chi connectivity index (χ3v) is 3.62. The average molecular weight is 387 g/mol. The van der Waals surface area contributed by atoms with E-state index in [1.165, 1.54) is 38.5 Å². The Morgan fingerprint density at radius 3 is 2.18 bits per heavy atom. The predicted molar refractivity (Wildman–Crippen MR) is 101 cm³/mol. The van der Waals surface area contributed by atoms with Gasteiger partial charge in [0.1, 0.15) is 0 Å². The van der Waals surface area contributed by atoms with Crippen LogP contribution in [0.5, 0.6) is 11.5 Å². The Hall–Kier alpha value is -3.55. The van der Waals surface area contributed by atoms with E-state index in [4.69, 9.17) is 14.2 Å². The highest BCUT2D eigenvalue weighted by atomic mass is 16.5. The van der Waals surface area contributed by atoms with Crippen molar-refractivity contribution in [1.29, 1.82) is 0 Å². The first-order valence-corrected chi connectivity index (χ1v) is 8.44. The highest BCUT2D eigenvalue weighted by Gasteiger charge is 2.14. The number of amides is 1. The molecule has 0 aromatic heterocycles. The Balaban J connectivity index is 1.92. The van der Waals surface area contributed by atoms with Gasteiger partial charge in [0.15, 0.2) is 18.1 Å². The van der Waals surface area contributed by atoms with Crippen molar-refractivity contribution in [2.24, 2.45) is 0 Å². The minimum atomic E-state index is -0.667. The van der Waals surface area contributed by atoms with E-state index >= 15 is 0 Å². The van der Waals surface area contributed by atoms with Crippen molar-refractivity contribution in [2.45, 2.75) is 6.92 Å². The Labute approximate surface area is 162 Å². The fraction of sp³-hybridized carbons (Fsp3) is 0.250. The molecule has 1 amide bonds. The summed E-state index contributed by atoms with van der Waals surface area (Å²) in [4.78, 5) is 35.5. The molecule has 0 saturated heterocycles. The van der Waals surface area contributed by atoms with Gasteiger partial charge in [0.25, 0.3) is 5.91 Å². The Bertz CT molecular complexity index is 846. The van der Waals surface area contributed by atoms with E-state index in [9.17, 15) is 14.4 Å². The van der Waals surface area contributed by atoms with Crippen LogP contribution in [-0.4, -0.2) is 45.3 Å². The van der Waals surface area contributed by atoms with E-state index in [2.05, 4.69) is 10.1 Å². The summed E-state index contributed by atoms with van der Waals surface area (Å²) in [5, 5.41) is 2.57. The molecule has 0 fully saturated rings. The van der Waals surface area contributed by atoms with Crippen LogP contribution in [0.1, 0.15) is 27.6 Å². The first-order valence-electron chi connectivity index (χ1n) is 8.44. The third kappa shape index (κ3) is 5.47. The second kappa shape index (κ2) is 9.96. The van der Waals surface area contributed by atoms with Gasteiger partial charge in [-0.15, -0.1) is 0 Å². The molecule has 2 aromatic carbocycles. The van der Waals surface area contributed by atoms with Crippen molar-refractivity contribution in [3.8, 4) is 11.5 Å². The van der Waals surface area contributed by atoms with Crippen LogP contribution in [0, 0.1) is 0 Å². The smallest absolute Gasteiger partial charge is 0.338 e. The molecule has 0 bridgehead atoms. The fourth-order valence-corrected chi connectivity index (χ4v) is 2.29. The van der Waals surface area contributed by atoms with Gasteiger partial charge in [-0.25, -0.2) is 9.59 Å². The normalized spacial score (nSPS) is 9.96. The molecule has 0 aliphatic rings. The van der Waals surface area contributed by atoms with Crippen LogP contribution >= 0.6 is 0 Å². The van der Waals surface area contributed by atoms with Crippen LogP contribution in [0.3, 0.4) is 0 Å². The van der Waals surface area contributed by atoms with Crippen LogP contribution in [0.15, 0.2) is 42.5 Å². The number of anilines is 1. The van der Waals surface area contributed by atoms with Crippen molar-refractivity contribution in [3.05, 3.63) is 53.6 Å². The average Bonchev–Trinajstić information content (AvgIpc) is 2.72. The van der Waals surface area contributed by atoms with Crippen molar-refractivity contribution in [2.75, 3.05) is 32.8 Å². The fourth-order valence-electron chi connectivity index (χ4n) is 2.29. The molecule has 0 spiro atoms. The molecule has 28 heavy (non-hydrogen) atoms. The van der Waals surface area contributed by atoms with E-state index in [-0.39, 0.29) is 5.56 Å². The number of hydrogen-bond donors (Lipinski definition) is 1. The number of benzene rings is 2. The van der Waals surface area contributed by atoms with Gasteiger partial charge < -0.3 is 24.3 Å². The molecule has 0 heterocycles. The van der Waals surface area contributed by atoms with Gasteiger partial charge in [0.05, 0.1) is 32.0 Å². The lowest BCUT2D eigenvalue weighted by atomic mass is 10.2. The van der Waals surface area contributed by atoms with E-state index in [1.54, 1.807) is 18.2 Å². The standard InChI is InChI=1S/C20H21NO7/c1-4-27-17-11-14(7-10-16(17)25-2)20(24)28-12-18(22)21-15-8-5-13(6-9-15)19(23)26-3/h5-11H,4,12H2,1-3H3,(H,21,22). The molecule has 148 valence electrons. The van der Waals surface area contributed by atoms with Crippen LogP contribution in [-0.2, 0) is 14.3 Å². The van der Waals surface area contributed by atoms with E-state index < -0.39 is 24.5 Å². The monoisotopic (exact) mass is 387 g/mol. The van der Waals surface area contributed by atoms with E-state index in [1.807, 2.05) is 6.92 Å². The molecule has 1 N–H and O–H groups in total. The lowest BCUT2D eigenvalue weighted by Gasteiger charge is -2.11. The molecule has 2 aromatic rings. The van der Waals surface area contributed by atoms with E-state index in [0.29, 0.717) is 29.4 Å². The van der Waals surface area contributed by atoms with Crippen molar-refractivity contribution in [1.82, 2.24) is 0 Å². The number of hydrogen-bond acceptors (Lipinski definition) is 7. The van der Waals surface area contributed by atoms with Gasteiger partial charge in [0.2, 0.25) is 0 Å². The molecular weight excluding hydrogens is 366 g/mol. The predicted octanol–water partition coefficient (Wildman–Crippen LogP) is 2.68. The van der Waals surface area contributed by atoms with Crippen LogP contribution in [0.25, 0.3) is 0 Å². The maximum atomic E-state index is 12.2. The second-order valence-electron chi connectivity index (χ2n) is 5.49. The Morgan fingerprint density at radius 2 is 1.57 bits per heavy atom. The summed E-state index contributed by atoms with van der Waals surface area (Å²) in [5.74, 6) is -0.753. The highest BCUT2D eigenvalue weighted by molar-refractivity contribution is 5.96. The number of carbonyl (C=O) groups excluding carboxylic acids is 3. The summed E-state index contributed by atoms with van der Waals surface area (Å²) in [5.41, 5.74) is 1.05. The molecule has 2 rings (SSSR count). The molecule has 0 unspecified atom stereocenters. The maximum Gasteiger partial charge on any atom is 0.338 e. The van der Waals surface area contributed by atoms with Crippen LogP contribution < -0.4 is 14.8 Å². The summed E-state index contributed by atoms with van der Waals surface area (Å²) in [6.45, 7) is 1.76. The van der Waals surface area contributed by atoms with Crippen molar-refractivity contribution in [3.63, 3.8) is 0 Å². The van der Waals surface area contributed by atoms with Gasteiger partial charge in [-0.2, -0.15) is 0 Å². The van der Waals surface area contributed by atoms with Crippen LogP contribution in [0.4, 0.5) is 5.69 Å². The largest absolute Gasteiger partial charge is 0.493 e. The molecule has 0 radical (unpaired) electrons. The highest BCUT2D eigenvalue weighted by Crippen LogP contribution is 2.28. The topological polar surface area (TPSA) is 100 Å². The Kier molecular flexibility index (Phi) is 7.38. The minimum absolute atomic E-state index is 0.236. The summed E-state index contributed by atoms with van der Waals surface area (Å²) in [6, 6.07) is 10.7. The number of nitrogens with one attached hydrogen (secondary N) is 1. The quantitative estimate of drug-likeness (QED) is 0.695. The van der Waals surface area contributed by atoms with Gasteiger partial charge in [-0.05, 0) is 49.4 Å². The lowest BCUT2D eigenvalue weighted by Crippen LogP contribution is -2.21. The first-order chi connectivity index (χ1) is 13.5. The number of esters is 2. The zero-order chi connectivity index (χ0) is 20.5. The van der Waals surface area contributed by atoms with Gasteiger partial charge >= 0.3 is 11.9 Å². The van der Waals surface area contributed by atoms with Crippen molar-refractivity contribution < 1.29 is 33.3 Å². The zero-order valence-corrected chi connectivity index (χ0v) is 15.8. The molecule has 0 saturated carbocycles. The first kappa shape index (κ1) is 20.8. The van der Waals surface area contributed by atoms with Gasteiger partial charge in [-0.1, -0.05) is 0 Å². The molecular formula is C20H21NO7. The maximum absolute atomic E-state index is 12.2. The second-order valence-corrected chi connectivity index (χ2v) is 5.49. The summed E-state index contributed by atoms with van der Waals surface area (Å²) < 4.78 is 20.2. The Morgan fingerprint density at radius 1 is 0.893 bits per heavy atom.